The molecule has 0 bridgehead atoms. The molecule has 1 amide bonds. The molecule has 20 heavy (non-hydrogen) atoms. The fourth-order valence-electron chi connectivity index (χ4n) is 1.76. The van der Waals surface area contributed by atoms with Gasteiger partial charge in [0.05, 0.1) is 8.95 Å². The average molecular weight is 408 g/mol. The molecule has 0 saturated carbocycles. The molecule has 1 rings (SSSR count). The van der Waals surface area contributed by atoms with E-state index in [4.69, 9.17) is 10.5 Å². The lowest BCUT2D eigenvalue weighted by atomic mass is 10.1. The van der Waals surface area contributed by atoms with Gasteiger partial charge < -0.3 is 15.8 Å². The zero-order chi connectivity index (χ0) is 15.3. The van der Waals surface area contributed by atoms with Crippen molar-refractivity contribution in [3.05, 3.63) is 26.6 Å². The summed E-state index contributed by atoms with van der Waals surface area (Å²) in [5.74, 6) is 0.489. The van der Waals surface area contributed by atoms with Crippen LogP contribution >= 0.6 is 31.9 Å². The van der Waals surface area contributed by atoms with E-state index >= 15 is 0 Å². The Morgan fingerprint density at radius 1 is 1.35 bits per heavy atom. The first-order valence-electron chi connectivity index (χ1n) is 6.53. The van der Waals surface area contributed by atoms with Crippen LogP contribution in [0.2, 0.25) is 0 Å². The van der Waals surface area contributed by atoms with Crippen molar-refractivity contribution in [1.82, 2.24) is 5.32 Å². The molecule has 0 spiro atoms. The van der Waals surface area contributed by atoms with Crippen LogP contribution in [0.5, 0.6) is 5.75 Å². The quantitative estimate of drug-likeness (QED) is 0.761. The van der Waals surface area contributed by atoms with Gasteiger partial charge in [0, 0.05) is 12.6 Å². The number of carbonyl (C=O) groups is 1. The Morgan fingerprint density at radius 2 is 1.90 bits per heavy atom. The summed E-state index contributed by atoms with van der Waals surface area (Å²) in [6.45, 7) is 6.14. The second-order valence-corrected chi connectivity index (χ2v) is 6.43. The lowest BCUT2D eigenvalue weighted by Gasteiger charge is -2.17. The summed E-state index contributed by atoms with van der Waals surface area (Å²) in [6, 6.07) is 4.02. The van der Waals surface area contributed by atoms with Crippen LogP contribution in [0.1, 0.15) is 26.3 Å². The van der Waals surface area contributed by atoms with Crippen LogP contribution in [0, 0.1) is 0 Å². The van der Waals surface area contributed by atoms with E-state index in [1.165, 1.54) is 0 Å². The molecule has 2 atom stereocenters. The first kappa shape index (κ1) is 17.5. The molecular formula is C14H20Br2N2O2. The summed E-state index contributed by atoms with van der Waals surface area (Å²) in [7, 11) is 0. The molecule has 0 aliphatic carbocycles. The van der Waals surface area contributed by atoms with Crippen LogP contribution in [-0.4, -0.2) is 24.6 Å². The van der Waals surface area contributed by atoms with Crippen LogP contribution in [0.4, 0.5) is 0 Å². The molecular weight excluding hydrogens is 388 g/mol. The van der Waals surface area contributed by atoms with E-state index in [9.17, 15) is 4.79 Å². The number of amides is 1. The number of halogens is 2. The van der Waals surface area contributed by atoms with Gasteiger partial charge in [-0.3, -0.25) is 4.79 Å². The van der Waals surface area contributed by atoms with Gasteiger partial charge in [0.15, 0.2) is 6.10 Å². The topological polar surface area (TPSA) is 64.3 Å². The van der Waals surface area contributed by atoms with E-state index in [0.717, 1.165) is 20.9 Å². The molecule has 1 aromatic carbocycles. The number of nitrogens with one attached hydrogen (secondary N) is 1. The lowest BCUT2D eigenvalue weighted by Crippen LogP contribution is -2.36. The average Bonchev–Trinajstić information content (AvgIpc) is 2.33. The summed E-state index contributed by atoms with van der Waals surface area (Å²) < 4.78 is 7.32. The second kappa shape index (κ2) is 8.00. The molecule has 0 fully saturated rings. The van der Waals surface area contributed by atoms with Crippen LogP contribution in [-0.2, 0) is 11.2 Å². The van der Waals surface area contributed by atoms with E-state index in [2.05, 4.69) is 37.2 Å². The third-order valence-electron chi connectivity index (χ3n) is 2.63. The third-order valence-corrected chi connectivity index (χ3v) is 3.81. The van der Waals surface area contributed by atoms with Crippen LogP contribution in [0.15, 0.2) is 21.1 Å². The van der Waals surface area contributed by atoms with Crippen molar-refractivity contribution in [3.63, 3.8) is 0 Å². The molecule has 4 nitrogen and oxygen atoms in total. The molecule has 6 heteroatoms. The van der Waals surface area contributed by atoms with Crippen molar-refractivity contribution >= 4 is 37.8 Å². The van der Waals surface area contributed by atoms with Crippen molar-refractivity contribution in [3.8, 4) is 5.75 Å². The van der Waals surface area contributed by atoms with Crippen molar-refractivity contribution in [1.29, 1.82) is 0 Å². The molecule has 0 heterocycles. The Bertz CT molecular complexity index is 455. The predicted octanol–water partition coefficient (Wildman–Crippen LogP) is 3.00. The van der Waals surface area contributed by atoms with Gasteiger partial charge in [-0.2, -0.15) is 0 Å². The zero-order valence-electron chi connectivity index (χ0n) is 11.9. The molecule has 0 aromatic heterocycles. The number of hydrogen-bond donors (Lipinski definition) is 2. The molecule has 0 aliphatic heterocycles. The minimum atomic E-state index is -0.554. The number of nitrogens with two attached hydrogens (primary N) is 1. The van der Waals surface area contributed by atoms with Gasteiger partial charge in [-0.05, 0) is 76.7 Å². The van der Waals surface area contributed by atoms with Crippen LogP contribution < -0.4 is 15.8 Å². The van der Waals surface area contributed by atoms with Crippen molar-refractivity contribution in [2.24, 2.45) is 5.73 Å². The van der Waals surface area contributed by atoms with E-state index < -0.39 is 6.10 Å². The Balaban J connectivity index is 2.88. The predicted molar refractivity (Wildman–Crippen MR) is 88.0 cm³/mol. The highest BCUT2D eigenvalue weighted by atomic mass is 79.9. The van der Waals surface area contributed by atoms with Crippen molar-refractivity contribution in [2.75, 3.05) is 6.54 Å². The van der Waals surface area contributed by atoms with Gasteiger partial charge >= 0.3 is 0 Å². The molecule has 0 radical (unpaired) electrons. The van der Waals surface area contributed by atoms with Crippen LogP contribution in [0.3, 0.4) is 0 Å². The standard InChI is InChI=1S/C14H20Br2N2O2/c1-4-18-14(19)9(3)20-13-11(15)6-10(5-8(2)17)7-12(13)16/h6-9H,4-5,17H2,1-3H3,(H,18,19). The summed E-state index contributed by atoms with van der Waals surface area (Å²) in [4.78, 5) is 11.7. The van der Waals surface area contributed by atoms with E-state index in [1.807, 2.05) is 26.0 Å². The highest BCUT2D eigenvalue weighted by Crippen LogP contribution is 2.35. The Hall–Kier alpha value is -0.590. The Morgan fingerprint density at radius 3 is 2.35 bits per heavy atom. The molecule has 3 N–H and O–H groups in total. The number of ether oxygens (including phenoxy) is 1. The largest absolute Gasteiger partial charge is 0.479 e. The normalized spacial score (nSPS) is 13.7. The maximum absolute atomic E-state index is 11.7. The Labute approximate surface area is 136 Å². The summed E-state index contributed by atoms with van der Waals surface area (Å²) >= 11 is 6.95. The molecule has 112 valence electrons. The van der Waals surface area contributed by atoms with Gasteiger partial charge in [0.25, 0.3) is 5.91 Å². The van der Waals surface area contributed by atoms with Crippen molar-refractivity contribution in [2.45, 2.75) is 39.3 Å². The summed E-state index contributed by atoms with van der Waals surface area (Å²) in [6.07, 6.45) is 0.227. The molecule has 0 aliphatic rings. The van der Waals surface area contributed by atoms with Gasteiger partial charge in [-0.25, -0.2) is 0 Å². The van der Waals surface area contributed by atoms with Crippen LogP contribution in [0.25, 0.3) is 0 Å². The smallest absolute Gasteiger partial charge is 0.260 e. The maximum atomic E-state index is 11.7. The number of hydrogen-bond acceptors (Lipinski definition) is 3. The number of carbonyl (C=O) groups excluding carboxylic acids is 1. The van der Waals surface area contributed by atoms with E-state index in [0.29, 0.717) is 12.3 Å². The van der Waals surface area contributed by atoms with Gasteiger partial charge in [-0.1, -0.05) is 0 Å². The minimum absolute atomic E-state index is 0.0924. The molecule has 0 saturated heterocycles. The number of likely N-dealkylation sites (N-methyl/N-ethyl adjacent to an activating group) is 1. The fraction of sp³-hybridized carbons (Fsp3) is 0.500. The maximum Gasteiger partial charge on any atom is 0.260 e. The highest BCUT2D eigenvalue weighted by molar-refractivity contribution is 9.11. The summed E-state index contributed by atoms with van der Waals surface area (Å²) in [5, 5.41) is 2.73. The Kier molecular flexibility index (Phi) is 6.99. The first-order chi connectivity index (χ1) is 9.35. The highest BCUT2D eigenvalue weighted by Gasteiger charge is 2.18. The number of rotatable bonds is 6. The lowest BCUT2D eigenvalue weighted by molar-refractivity contribution is -0.127. The zero-order valence-corrected chi connectivity index (χ0v) is 15.0. The van der Waals surface area contributed by atoms with Gasteiger partial charge in [0.1, 0.15) is 5.75 Å². The first-order valence-corrected chi connectivity index (χ1v) is 8.11. The third kappa shape index (κ3) is 5.07. The molecule has 2 unspecified atom stereocenters. The minimum Gasteiger partial charge on any atom is -0.479 e. The SMILES string of the molecule is CCNC(=O)C(C)Oc1c(Br)cc(CC(C)N)cc1Br. The van der Waals surface area contributed by atoms with E-state index in [1.54, 1.807) is 6.92 Å². The fourth-order valence-corrected chi connectivity index (χ4v) is 3.23. The molecule has 1 aromatic rings. The van der Waals surface area contributed by atoms with Gasteiger partial charge in [-0.15, -0.1) is 0 Å². The second-order valence-electron chi connectivity index (χ2n) is 4.72. The van der Waals surface area contributed by atoms with Crippen molar-refractivity contribution < 1.29 is 9.53 Å². The summed E-state index contributed by atoms with van der Waals surface area (Å²) in [5.41, 5.74) is 6.91. The van der Waals surface area contributed by atoms with Gasteiger partial charge in [0.2, 0.25) is 0 Å². The van der Waals surface area contributed by atoms with E-state index in [-0.39, 0.29) is 11.9 Å². The monoisotopic (exact) mass is 406 g/mol. The number of benzene rings is 1.